The molecule has 0 saturated heterocycles. The fraction of sp³-hybridized carbons (Fsp3) is 0. The number of H-pyrrole nitrogens is 2. The van der Waals surface area contributed by atoms with Gasteiger partial charge in [-0.15, -0.1) is 0 Å². The number of benzene rings is 1. The highest BCUT2D eigenvalue weighted by Gasteiger charge is 2.08. The summed E-state index contributed by atoms with van der Waals surface area (Å²) < 4.78 is 0. The van der Waals surface area contributed by atoms with Gasteiger partial charge in [-0.1, -0.05) is 12.1 Å². The molecule has 0 aliphatic carbocycles. The standard InChI is InChI=1S/C13H9N3O3/c17-10-4-2-1-3-7(10)9-6-5-8-11(14-9)15-13(19)16-12(8)18/h1-6,17H,(H2,14,15,16,18,19). The summed E-state index contributed by atoms with van der Waals surface area (Å²) in [4.78, 5) is 31.5. The Hall–Kier alpha value is -2.89. The predicted molar refractivity (Wildman–Crippen MR) is 70.1 cm³/mol. The number of hydrogen-bond acceptors (Lipinski definition) is 4. The van der Waals surface area contributed by atoms with Gasteiger partial charge in [0.2, 0.25) is 0 Å². The second-order valence-corrected chi connectivity index (χ2v) is 4.02. The Kier molecular flexibility index (Phi) is 2.42. The highest BCUT2D eigenvalue weighted by atomic mass is 16.3. The van der Waals surface area contributed by atoms with Gasteiger partial charge in [0.15, 0.2) is 0 Å². The molecule has 0 spiro atoms. The first-order valence-electron chi connectivity index (χ1n) is 5.57. The number of aromatic amines is 2. The van der Waals surface area contributed by atoms with E-state index in [9.17, 15) is 14.7 Å². The molecule has 2 heterocycles. The molecule has 0 unspecified atom stereocenters. The second kappa shape index (κ2) is 4.09. The Morgan fingerprint density at radius 3 is 2.58 bits per heavy atom. The summed E-state index contributed by atoms with van der Waals surface area (Å²) in [5.74, 6) is 0.0848. The van der Waals surface area contributed by atoms with E-state index in [-0.39, 0.29) is 11.4 Å². The van der Waals surface area contributed by atoms with Crippen molar-refractivity contribution >= 4 is 11.0 Å². The smallest absolute Gasteiger partial charge is 0.327 e. The molecule has 6 nitrogen and oxygen atoms in total. The molecule has 3 rings (SSSR count). The van der Waals surface area contributed by atoms with Gasteiger partial charge in [-0.3, -0.25) is 14.8 Å². The first-order valence-corrected chi connectivity index (χ1v) is 5.57. The minimum Gasteiger partial charge on any atom is -0.507 e. The number of phenolic OH excluding ortho intramolecular Hbond substituents is 1. The van der Waals surface area contributed by atoms with Gasteiger partial charge < -0.3 is 5.11 Å². The number of phenols is 1. The molecule has 3 aromatic rings. The molecule has 0 atom stereocenters. The van der Waals surface area contributed by atoms with Crippen LogP contribution in [0.3, 0.4) is 0 Å². The molecule has 3 N–H and O–H groups in total. The lowest BCUT2D eigenvalue weighted by Gasteiger charge is -2.04. The van der Waals surface area contributed by atoms with Crippen LogP contribution in [-0.4, -0.2) is 20.1 Å². The molecule has 1 aromatic carbocycles. The molecule has 0 saturated carbocycles. The average molecular weight is 255 g/mol. The zero-order valence-electron chi connectivity index (χ0n) is 9.68. The maximum atomic E-state index is 11.5. The molecule has 6 heteroatoms. The number of aromatic nitrogens is 3. The molecule has 0 aliphatic rings. The normalized spacial score (nSPS) is 10.7. The second-order valence-electron chi connectivity index (χ2n) is 4.02. The molecule has 0 radical (unpaired) electrons. The van der Waals surface area contributed by atoms with Crippen molar-refractivity contribution in [1.82, 2.24) is 15.0 Å². The van der Waals surface area contributed by atoms with Crippen LogP contribution in [-0.2, 0) is 0 Å². The van der Waals surface area contributed by atoms with E-state index in [2.05, 4.69) is 15.0 Å². The zero-order valence-corrected chi connectivity index (χ0v) is 9.68. The predicted octanol–water partition coefficient (Wildman–Crippen LogP) is 0.984. The number of para-hydroxylation sites is 1. The lowest BCUT2D eigenvalue weighted by molar-refractivity contribution is 0.477. The fourth-order valence-electron chi connectivity index (χ4n) is 1.89. The molecule has 0 aliphatic heterocycles. The van der Waals surface area contributed by atoms with Gasteiger partial charge in [0.05, 0.1) is 11.1 Å². The summed E-state index contributed by atoms with van der Waals surface area (Å²) in [6.45, 7) is 0. The van der Waals surface area contributed by atoms with Crippen molar-refractivity contribution in [2.24, 2.45) is 0 Å². The van der Waals surface area contributed by atoms with Crippen LogP contribution in [0.15, 0.2) is 46.0 Å². The average Bonchev–Trinajstić information content (AvgIpc) is 2.38. The van der Waals surface area contributed by atoms with Crippen LogP contribution in [0.25, 0.3) is 22.3 Å². The molecule has 19 heavy (non-hydrogen) atoms. The van der Waals surface area contributed by atoms with E-state index in [1.807, 2.05) is 0 Å². The highest BCUT2D eigenvalue weighted by Crippen LogP contribution is 2.27. The molecule has 2 aromatic heterocycles. The summed E-state index contributed by atoms with van der Waals surface area (Å²) in [5.41, 5.74) is 0.0985. The first-order chi connectivity index (χ1) is 9.15. The van der Waals surface area contributed by atoms with Gasteiger partial charge in [0, 0.05) is 5.56 Å². The number of hydrogen-bond donors (Lipinski definition) is 3. The van der Waals surface area contributed by atoms with Crippen LogP contribution >= 0.6 is 0 Å². The van der Waals surface area contributed by atoms with Gasteiger partial charge in [-0.05, 0) is 24.3 Å². The van der Waals surface area contributed by atoms with Gasteiger partial charge >= 0.3 is 5.69 Å². The lowest BCUT2D eigenvalue weighted by atomic mass is 10.1. The van der Waals surface area contributed by atoms with E-state index >= 15 is 0 Å². The third kappa shape index (κ3) is 1.89. The minimum absolute atomic E-state index is 0.0848. The van der Waals surface area contributed by atoms with E-state index in [1.54, 1.807) is 36.4 Å². The van der Waals surface area contributed by atoms with Crippen LogP contribution in [0.4, 0.5) is 0 Å². The van der Waals surface area contributed by atoms with Gasteiger partial charge in [0.1, 0.15) is 11.4 Å². The van der Waals surface area contributed by atoms with E-state index in [0.717, 1.165) is 0 Å². The van der Waals surface area contributed by atoms with Crippen LogP contribution in [0, 0.1) is 0 Å². The maximum absolute atomic E-state index is 11.5. The number of fused-ring (bicyclic) bond motifs is 1. The molecular formula is C13H9N3O3. The fourth-order valence-corrected chi connectivity index (χ4v) is 1.89. The zero-order chi connectivity index (χ0) is 13.4. The van der Waals surface area contributed by atoms with E-state index in [0.29, 0.717) is 16.6 Å². The lowest BCUT2D eigenvalue weighted by Crippen LogP contribution is -2.22. The largest absolute Gasteiger partial charge is 0.507 e. The van der Waals surface area contributed by atoms with Crippen molar-refractivity contribution in [3.8, 4) is 17.0 Å². The Balaban J connectivity index is 2.31. The summed E-state index contributed by atoms with van der Waals surface area (Å²) >= 11 is 0. The number of nitrogens with one attached hydrogen (secondary N) is 2. The number of aromatic hydroxyl groups is 1. The number of rotatable bonds is 1. The van der Waals surface area contributed by atoms with Crippen molar-refractivity contribution in [3.63, 3.8) is 0 Å². The van der Waals surface area contributed by atoms with E-state index in [1.165, 1.54) is 0 Å². The van der Waals surface area contributed by atoms with Crippen molar-refractivity contribution in [2.45, 2.75) is 0 Å². The Morgan fingerprint density at radius 2 is 1.79 bits per heavy atom. The SMILES string of the molecule is O=c1[nH]c(=O)c2ccc(-c3ccccc3O)nc2[nH]1. The van der Waals surface area contributed by atoms with Crippen molar-refractivity contribution < 1.29 is 5.11 Å². The van der Waals surface area contributed by atoms with Gasteiger partial charge in [0.25, 0.3) is 5.56 Å². The Labute approximate surface area is 106 Å². The van der Waals surface area contributed by atoms with E-state index < -0.39 is 11.2 Å². The quantitative estimate of drug-likeness (QED) is 0.603. The molecule has 0 amide bonds. The number of nitrogens with zero attached hydrogens (tertiary/aromatic N) is 1. The van der Waals surface area contributed by atoms with Crippen LogP contribution in [0.2, 0.25) is 0 Å². The monoisotopic (exact) mass is 255 g/mol. The van der Waals surface area contributed by atoms with Crippen molar-refractivity contribution in [3.05, 3.63) is 57.2 Å². The Morgan fingerprint density at radius 1 is 1.00 bits per heavy atom. The summed E-state index contributed by atoms with van der Waals surface area (Å²) in [7, 11) is 0. The van der Waals surface area contributed by atoms with Crippen molar-refractivity contribution in [1.29, 1.82) is 0 Å². The summed E-state index contributed by atoms with van der Waals surface area (Å²) in [6.07, 6.45) is 0. The third-order valence-electron chi connectivity index (χ3n) is 2.78. The van der Waals surface area contributed by atoms with Crippen LogP contribution in [0.5, 0.6) is 5.75 Å². The molecule has 0 bridgehead atoms. The topological polar surface area (TPSA) is 98.8 Å². The summed E-state index contributed by atoms with van der Waals surface area (Å²) in [6, 6.07) is 9.88. The molecule has 0 fully saturated rings. The van der Waals surface area contributed by atoms with Gasteiger partial charge in [-0.2, -0.15) is 0 Å². The highest BCUT2D eigenvalue weighted by molar-refractivity contribution is 5.78. The first kappa shape index (κ1) is 11.2. The van der Waals surface area contributed by atoms with Crippen LogP contribution < -0.4 is 11.2 Å². The molecular weight excluding hydrogens is 246 g/mol. The van der Waals surface area contributed by atoms with Crippen molar-refractivity contribution in [2.75, 3.05) is 0 Å². The summed E-state index contributed by atoms with van der Waals surface area (Å²) in [5, 5.41) is 10.1. The third-order valence-corrected chi connectivity index (χ3v) is 2.78. The maximum Gasteiger partial charge on any atom is 0.327 e. The van der Waals surface area contributed by atoms with E-state index in [4.69, 9.17) is 0 Å². The van der Waals surface area contributed by atoms with Crippen LogP contribution in [0.1, 0.15) is 0 Å². The molecule has 94 valence electrons. The number of pyridine rings is 1. The minimum atomic E-state index is -0.612. The van der Waals surface area contributed by atoms with Gasteiger partial charge in [-0.25, -0.2) is 9.78 Å². The Bertz CT molecular complexity index is 880.